The van der Waals surface area contributed by atoms with Crippen molar-refractivity contribution in [1.29, 1.82) is 0 Å². The summed E-state index contributed by atoms with van der Waals surface area (Å²) in [6, 6.07) is 0. The molecule has 48 heavy (non-hydrogen) atoms. The molecule has 0 radical (unpaired) electrons. The molecule has 0 aromatic carbocycles. The lowest BCUT2D eigenvalue weighted by atomic mass is 10.4. The number of rotatable bonds is 18. The molecule has 1 aliphatic heterocycles. The highest BCUT2D eigenvalue weighted by Gasteiger charge is 2.65. The minimum atomic E-state index is -3.37. The van der Waals surface area contributed by atoms with E-state index in [9.17, 15) is 0 Å². The summed E-state index contributed by atoms with van der Waals surface area (Å²) >= 11 is 0. The summed E-state index contributed by atoms with van der Waals surface area (Å²) in [6.07, 6.45) is 5.00. The van der Waals surface area contributed by atoms with Crippen LogP contribution in [0.4, 0.5) is 0 Å². The molecule has 6 nitrogen and oxygen atoms in total. The van der Waals surface area contributed by atoms with Crippen LogP contribution in [-0.2, 0) is 24.7 Å². The minimum absolute atomic E-state index is 0.0345. The molecule has 0 saturated carbocycles. The summed E-state index contributed by atoms with van der Waals surface area (Å²) in [5, 5.41) is 0. The van der Waals surface area contributed by atoms with Crippen molar-refractivity contribution in [2.75, 3.05) is 0 Å². The number of hydrogen-bond acceptors (Lipinski definition) is 6. The van der Waals surface area contributed by atoms with Crippen molar-refractivity contribution in [2.24, 2.45) is 0 Å². The maximum absolute atomic E-state index is 7.73. The van der Waals surface area contributed by atoms with E-state index in [0.717, 1.165) is 38.5 Å². The van der Waals surface area contributed by atoms with Crippen molar-refractivity contribution in [3.05, 3.63) is 73.7 Å². The molecule has 276 valence electrons. The molecular weight excluding hydrogens is 697 g/mol. The molecule has 1 heterocycles. The molecule has 0 N–H and O–H groups in total. The summed E-state index contributed by atoms with van der Waals surface area (Å²) < 4.78 is 46.4. The van der Waals surface area contributed by atoms with E-state index < -0.39 is 51.4 Å². The predicted molar refractivity (Wildman–Crippen MR) is 221 cm³/mol. The van der Waals surface area contributed by atoms with Crippen molar-refractivity contribution in [3.63, 3.8) is 0 Å². The molecule has 0 spiro atoms. The summed E-state index contributed by atoms with van der Waals surface area (Å²) in [7, 11) is -20.2. The monoisotopic (exact) mass is 768 g/mol. The molecule has 6 unspecified atom stereocenters. The SMILES string of the molecule is C=C[Si]1(C(C)CC)O[Si](C=C)(C(C)CC)O[Si](C=C)(C(C)CC)O[Si](C=C)(C(C)CC)O[Si](C=C)(C(C)CC)O[Si](C=C)(C(C)CC)O1. The predicted octanol–water partition coefficient (Wildman–Crippen LogP) is 11.9. The van der Waals surface area contributed by atoms with Crippen molar-refractivity contribution >= 4 is 51.4 Å². The fourth-order valence-corrected chi connectivity index (χ4v) is 40.9. The second kappa shape index (κ2) is 18.8. The first-order valence-corrected chi connectivity index (χ1v) is 30.3. The molecule has 0 aromatic heterocycles. The van der Waals surface area contributed by atoms with Gasteiger partial charge in [-0.3, -0.25) is 0 Å². The van der Waals surface area contributed by atoms with Gasteiger partial charge in [0.25, 0.3) is 0 Å². The van der Waals surface area contributed by atoms with E-state index in [4.69, 9.17) is 24.7 Å². The van der Waals surface area contributed by atoms with Crippen LogP contribution >= 0.6 is 0 Å². The summed E-state index contributed by atoms with van der Waals surface area (Å²) in [4.78, 5) is 0. The molecule has 0 bridgehead atoms. The van der Waals surface area contributed by atoms with E-state index in [1.165, 1.54) is 0 Å². The zero-order valence-corrected chi connectivity index (χ0v) is 38.9. The first-order chi connectivity index (χ1) is 22.5. The fourth-order valence-electron chi connectivity index (χ4n) is 6.24. The standard InChI is InChI=1S/C36H72O6Si6/c1-19-31(13)43(25-7)37-44(26-8,32(14)20-2)39-46(28-10,34(16)22-4)41-48(30-12,36(18)24-6)42-47(29-11,35(17)23-5)40-45(27-9,38-43)33(15)21-3/h25-36H,7-12,19-24H2,1-6,13-18H3. The van der Waals surface area contributed by atoms with Gasteiger partial charge in [0.05, 0.1) is 0 Å². The van der Waals surface area contributed by atoms with Crippen LogP contribution in [0.5, 0.6) is 0 Å². The first-order valence-electron chi connectivity index (χ1n) is 18.5. The van der Waals surface area contributed by atoms with Crippen LogP contribution in [-0.4, -0.2) is 51.4 Å². The van der Waals surface area contributed by atoms with Gasteiger partial charge in [-0.05, 0) is 0 Å². The van der Waals surface area contributed by atoms with Gasteiger partial charge in [-0.15, -0.1) is 39.5 Å². The largest absolute Gasteiger partial charge is 0.409 e. The van der Waals surface area contributed by atoms with Crippen molar-refractivity contribution in [1.82, 2.24) is 0 Å². The molecule has 1 saturated heterocycles. The van der Waals surface area contributed by atoms with Gasteiger partial charge in [0, 0.05) is 33.2 Å². The lowest BCUT2D eigenvalue weighted by molar-refractivity contribution is 0.212. The lowest BCUT2D eigenvalue weighted by Gasteiger charge is -2.55. The second-order valence-corrected chi connectivity index (χ2v) is 35.9. The Labute approximate surface area is 303 Å². The Morgan fingerprint density at radius 3 is 0.479 bits per heavy atom. The van der Waals surface area contributed by atoms with Crippen molar-refractivity contribution in [3.8, 4) is 0 Å². The minimum Gasteiger partial charge on any atom is -0.409 e. The molecule has 0 amide bonds. The molecule has 0 aliphatic carbocycles. The second-order valence-electron chi connectivity index (χ2n) is 14.0. The lowest BCUT2D eigenvalue weighted by Crippen LogP contribution is -2.72. The van der Waals surface area contributed by atoms with Crippen molar-refractivity contribution < 1.29 is 24.7 Å². The Hall–Kier alpha value is -0.499. The maximum Gasteiger partial charge on any atom is 0.350 e. The Morgan fingerprint density at radius 1 is 0.312 bits per heavy atom. The quantitative estimate of drug-likeness (QED) is 0.129. The van der Waals surface area contributed by atoms with Gasteiger partial charge in [0.2, 0.25) is 0 Å². The topological polar surface area (TPSA) is 55.4 Å². The highest BCUT2D eigenvalue weighted by atomic mass is 28.5. The third kappa shape index (κ3) is 8.75. The van der Waals surface area contributed by atoms with Gasteiger partial charge in [0.1, 0.15) is 0 Å². The Morgan fingerprint density at radius 2 is 0.417 bits per heavy atom. The molecular formula is C36H72O6Si6. The molecule has 12 heteroatoms. The zero-order valence-electron chi connectivity index (χ0n) is 32.9. The summed E-state index contributed by atoms with van der Waals surface area (Å²) in [5.41, 5.74) is 12.0. The third-order valence-corrected chi connectivity index (χ3v) is 40.8. The zero-order chi connectivity index (χ0) is 37.2. The fraction of sp³-hybridized carbons (Fsp3) is 0.667. The smallest absolute Gasteiger partial charge is 0.350 e. The molecule has 6 atom stereocenters. The average molecular weight is 769 g/mol. The third-order valence-electron chi connectivity index (χ3n) is 11.4. The van der Waals surface area contributed by atoms with Gasteiger partial charge < -0.3 is 24.7 Å². The van der Waals surface area contributed by atoms with Gasteiger partial charge in [-0.1, -0.05) is 156 Å². The van der Waals surface area contributed by atoms with Crippen LogP contribution in [0.1, 0.15) is 122 Å². The highest BCUT2D eigenvalue weighted by molar-refractivity contribution is 7.01. The van der Waals surface area contributed by atoms with Crippen LogP contribution in [0.25, 0.3) is 0 Å². The van der Waals surface area contributed by atoms with Crippen LogP contribution in [0.2, 0.25) is 33.2 Å². The maximum atomic E-state index is 7.73. The molecule has 1 fully saturated rings. The van der Waals surface area contributed by atoms with E-state index in [0.29, 0.717) is 0 Å². The van der Waals surface area contributed by atoms with E-state index in [2.05, 4.69) is 123 Å². The van der Waals surface area contributed by atoms with Gasteiger partial charge in [-0.25, -0.2) is 0 Å². The molecule has 1 aliphatic rings. The Bertz CT molecular complexity index is 872. The Balaban J connectivity index is 4.74. The van der Waals surface area contributed by atoms with E-state index in [1.54, 1.807) is 0 Å². The average Bonchev–Trinajstić information content (AvgIpc) is 3.12. The van der Waals surface area contributed by atoms with Crippen LogP contribution in [0, 0.1) is 0 Å². The first kappa shape index (κ1) is 45.5. The van der Waals surface area contributed by atoms with Crippen molar-refractivity contribution in [2.45, 2.75) is 155 Å². The number of hydrogen-bond donors (Lipinski definition) is 0. The highest BCUT2D eigenvalue weighted by Crippen LogP contribution is 2.49. The molecule has 0 aromatic rings. The van der Waals surface area contributed by atoms with Gasteiger partial charge in [-0.2, -0.15) is 0 Å². The van der Waals surface area contributed by atoms with Gasteiger partial charge >= 0.3 is 51.4 Å². The van der Waals surface area contributed by atoms with Crippen LogP contribution < -0.4 is 0 Å². The Kier molecular flexibility index (Phi) is 17.9. The van der Waals surface area contributed by atoms with Crippen LogP contribution in [0.15, 0.2) is 73.7 Å². The van der Waals surface area contributed by atoms with Gasteiger partial charge in [0.15, 0.2) is 0 Å². The molecule has 1 rings (SSSR count). The summed E-state index contributed by atoms with van der Waals surface area (Å²) in [5.74, 6) is 0. The van der Waals surface area contributed by atoms with E-state index in [1.807, 2.05) is 34.2 Å². The normalized spacial score (nSPS) is 37.2. The summed E-state index contributed by atoms with van der Waals surface area (Å²) in [6.45, 7) is 53.0. The van der Waals surface area contributed by atoms with Crippen LogP contribution in [0.3, 0.4) is 0 Å². The van der Waals surface area contributed by atoms with E-state index >= 15 is 0 Å². The van der Waals surface area contributed by atoms with E-state index in [-0.39, 0.29) is 33.2 Å².